The molecule has 0 aromatic carbocycles. The molecule has 0 bridgehead atoms. The standard InChI is InChI=1S/C24H41N3/c1-16-7-8-20-18(14-25)19(9-12-24(16,20)6)23(5)11-10-21-17(13-23)15-26-27(21)22(2,3)4/h15-16,18-20H,7-14,25H2,1-6H3/t16-,18-,19-,20-,23+,24+/m0/s1. The summed E-state index contributed by atoms with van der Waals surface area (Å²) < 4.78 is 2.28. The van der Waals surface area contributed by atoms with Gasteiger partial charge >= 0.3 is 0 Å². The summed E-state index contributed by atoms with van der Waals surface area (Å²) in [5, 5.41) is 4.79. The number of nitrogens with zero attached hydrogens (tertiary/aromatic N) is 2. The molecule has 1 aromatic rings. The lowest BCUT2D eigenvalue weighted by Gasteiger charge is -2.54. The number of hydrogen-bond acceptors (Lipinski definition) is 2. The van der Waals surface area contributed by atoms with E-state index in [2.05, 4.69) is 52.4 Å². The molecule has 2 N–H and O–H groups in total. The molecule has 4 rings (SSSR count). The molecule has 6 atom stereocenters. The second-order valence-electron chi connectivity index (χ2n) is 11.7. The number of aromatic nitrogens is 2. The third-order valence-electron chi connectivity index (χ3n) is 9.20. The lowest BCUT2D eigenvalue weighted by atomic mass is 9.51. The van der Waals surface area contributed by atoms with Gasteiger partial charge in [0.1, 0.15) is 0 Å². The average molecular weight is 372 g/mol. The summed E-state index contributed by atoms with van der Waals surface area (Å²) in [6.45, 7) is 15.3. The molecular formula is C24H41N3. The minimum absolute atomic E-state index is 0.0771. The van der Waals surface area contributed by atoms with E-state index in [1.54, 1.807) is 0 Å². The van der Waals surface area contributed by atoms with Crippen LogP contribution in [0, 0.1) is 34.5 Å². The zero-order chi connectivity index (χ0) is 19.6. The van der Waals surface area contributed by atoms with Crippen LogP contribution in [0.5, 0.6) is 0 Å². The van der Waals surface area contributed by atoms with Crippen LogP contribution in [0.2, 0.25) is 0 Å². The smallest absolute Gasteiger partial charge is 0.0546 e. The van der Waals surface area contributed by atoms with Crippen molar-refractivity contribution in [2.45, 2.75) is 92.0 Å². The van der Waals surface area contributed by atoms with Crippen LogP contribution < -0.4 is 5.73 Å². The monoisotopic (exact) mass is 371 g/mol. The summed E-state index contributed by atoms with van der Waals surface area (Å²) >= 11 is 0. The molecular weight excluding hydrogens is 330 g/mol. The quantitative estimate of drug-likeness (QED) is 0.779. The van der Waals surface area contributed by atoms with Crippen LogP contribution in [0.1, 0.15) is 84.9 Å². The van der Waals surface area contributed by atoms with Gasteiger partial charge in [0.25, 0.3) is 0 Å². The Morgan fingerprint density at radius 3 is 2.56 bits per heavy atom. The van der Waals surface area contributed by atoms with Gasteiger partial charge < -0.3 is 5.73 Å². The molecule has 3 aliphatic carbocycles. The highest BCUT2D eigenvalue weighted by molar-refractivity contribution is 5.25. The van der Waals surface area contributed by atoms with Crippen LogP contribution in [0.15, 0.2) is 6.20 Å². The Labute approximate surface area is 166 Å². The molecule has 2 saturated carbocycles. The Bertz CT molecular complexity index is 699. The predicted molar refractivity (Wildman–Crippen MR) is 113 cm³/mol. The van der Waals surface area contributed by atoms with Gasteiger partial charge in [0.05, 0.1) is 11.7 Å². The van der Waals surface area contributed by atoms with Gasteiger partial charge in [-0.2, -0.15) is 5.10 Å². The van der Waals surface area contributed by atoms with E-state index in [0.717, 1.165) is 24.3 Å². The molecule has 0 aliphatic heterocycles. The first-order valence-electron chi connectivity index (χ1n) is 11.4. The molecule has 3 nitrogen and oxygen atoms in total. The van der Waals surface area contributed by atoms with Gasteiger partial charge in [0, 0.05) is 5.69 Å². The molecule has 1 aromatic heterocycles. The fourth-order valence-electron chi connectivity index (χ4n) is 7.39. The second kappa shape index (κ2) is 6.34. The predicted octanol–water partition coefficient (Wildman–Crippen LogP) is 5.17. The Hall–Kier alpha value is -0.830. The van der Waals surface area contributed by atoms with Crippen molar-refractivity contribution in [3.05, 3.63) is 17.5 Å². The molecule has 0 saturated heterocycles. The molecule has 2 fully saturated rings. The zero-order valence-corrected chi connectivity index (χ0v) is 18.5. The summed E-state index contributed by atoms with van der Waals surface area (Å²) in [7, 11) is 0. The minimum Gasteiger partial charge on any atom is -0.330 e. The number of fused-ring (bicyclic) bond motifs is 2. The van der Waals surface area contributed by atoms with Gasteiger partial charge in [0.15, 0.2) is 0 Å². The van der Waals surface area contributed by atoms with Crippen LogP contribution in [0.25, 0.3) is 0 Å². The maximum atomic E-state index is 6.46. The van der Waals surface area contributed by atoms with E-state index < -0.39 is 0 Å². The molecule has 152 valence electrons. The van der Waals surface area contributed by atoms with Gasteiger partial charge in [-0.05, 0) is 112 Å². The highest BCUT2D eigenvalue weighted by atomic mass is 15.3. The highest BCUT2D eigenvalue weighted by Gasteiger charge is 2.55. The number of nitrogens with two attached hydrogens (primary N) is 1. The first-order valence-corrected chi connectivity index (χ1v) is 11.4. The molecule has 0 spiro atoms. The fraction of sp³-hybridized carbons (Fsp3) is 0.875. The SMILES string of the molecule is C[C@H]1CC[C@H]2[C@@H](CN)[C@@H]([C@]3(C)CCc4c(cnn4C(C)(C)C)C3)CC[C@]12C. The first kappa shape index (κ1) is 19.5. The highest BCUT2D eigenvalue weighted by Crippen LogP contribution is 2.62. The van der Waals surface area contributed by atoms with E-state index in [-0.39, 0.29) is 5.54 Å². The fourth-order valence-corrected chi connectivity index (χ4v) is 7.39. The summed E-state index contributed by atoms with van der Waals surface area (Å²) in [6.07, 6.45) is 11.4. The molecule has 1 heterocycles. The van der Waals surface area contributed by atoms with Crippen molar-refractivity contribution in [2.75, 3.05) is 6.54 Å². The van der Waals surface area contributed by atoms with E-state index >= 15 is 0 Å². The third-order valence-corrected chi connectivity index (χ3v) is 9.20. The van der Waals surface area contributed by atoms with Crippen molar-refractivity contribution in [3.63, 3.8) is 0 Å². The molecule has 0 radical (unpaired) electrons. The van der Waals surface area contributed by atoms with Gasteiger partial charge in [-0.15, -0.1) is 0 Å². The topological polar surface area (TPSA) is 43.8 Å². The van der Waals surface area contributed by atoms with E-state index in [9.17, 15) is 0 Å². The second-order valence-corrected chi connectivity index (χ2v) is 11.7. The summed E-state index contributed by atoms with van der Waals surface area (Å²) in [5.74, 6) is 3.19. The minimum atomic E-state index is 0.0771. The van der Waals surface area contributed by atoms with Crippen molar-refractivity contribution in [2.24, 2.45) is 40.2 Å². The Kier molecular flexibility index (Phi) is 4.57. The van der Waals surface area contributed by atoms with Crippen LogP contribution in [-0.2, 0) is 18.4 Å². The maximum absolute atomic E-state index is 6.46. The van der Waals surface area contributed by atoms with E-state index in [1.807, 2.05) is 0 Å². The summed E-state index contributed by atoms with van der Waals surface area (Å²) in [6, 6.07) is 0. The van der Waals surface area contributed by atoms with Gasteiger partial charge in [-0.3, -0.25) is 4.68 Å². The molecule has 3 aliphatic rings. The van der Waals surface area contributed by atoms with Crippen molar-refractivity contribution in [3.8, 4) is 0 Å². The van der Waals surface area contributed by atoms with Crippen LogP contribution in [0.3, 0.4) is 0 Å². The number of rotatable bonds is 2. The number of hydrogen-bond donors (Lipinski definition) is 1. The Morgan fingerprint density at radius 1 is 1.15 bits per heavy atom. The zero-order valence-electron chi connectivity index (χ0n) is 18.5. The lowest BCUT2D eigenvalue weighted by molar-refractivity contribution is -0.0379. The van der Waals surface area contributed by atoms with Crippen molar-refractivity contribution in [1.82, 2.24) is 9.78 Å². The average Bonchev–Trinajstić information content (AvgIpc) is 3.14. The normalized spacial score (nSPS) is 42.0. The Balaban J connectivity index is 1.61. The lowest BCUT2D eigenvalue weighted by Crippen LogP contribution is -2.50. The molecule has 0 amide bonds. The van der Waals surface area contributed by atoms with Crippen LogP contribution in [-0.4, -0.2) is 16.3 Å². The first-order chi connectivity index (χ1) is 12.6. The van der Waals surface area contributed by atoms with Gasteiger partial charge in [-0.1, -0.05) is 20.8 Å². The van der Waals surface area contributed by atoms with Gasteiger partial charge in [0.2, 0.25) is 0 Å². The summed E-state index contributed by atoms with van der Waals surface area (Å²) in [4.78, 5) is 0. The van der Waals surface area contributed by atoms with Crippen LogP contribution in [0.4, 0.5) is 0 Å². The van der Waals surface area contributed by atoms with Crippen LogP contribution >= 0.6 is 0 Å². The van der Waals surface area contributed by atoms with Crippen molar-refractivity contribution < 1.29 is 0 Å². The summed E-state index contributed by atoms with van der Waals surface area (Å²) in [5.41, 5.74) is 10.4. The van der Waals surface area contributed by atoms with Crippen molar-refractivity contribution in [1.29, 1.82) is 0 Å². The molecule has 0 unspecified atom stereocenters. The van der Waals surface area contributed by atoms with E-state index in [0.29, 0.717) is 16.7 Å². The third kappa shape index (κ3) is 2.91. The van der Waals surface area contributed by atoms with Crippen molar-refractivity contribution >= 4 is 0 Å². The molecule has 27 heavy (non-hydrogen) atoms. The van der Waals surface area contributed by atoms with Gasteiger partial charge in [-0.25, -0.2) is 0 Å². The molecule has 3 heteroatoms. The largest absolute Gasteiger partial charge is 0.330 e. The van der Waals surface area contributed by atoms with E-state index in [1.165, 1.54) is 56.2 Å². The van der Waals surface area contributed by atoms with E-state index in [4.69, 9.17) is 10.8 Å². The Morgan fingerprint density at radius 2 is 1.89 bits per heavy atom. The maximum Gasteiger partial charge on any atom is 0.0546 e.